The topological polar surface area (TPSA) is 94.1 Å². The Morgan fingerprint density at radius 2 is 2.11 bits per heavy atom. The van der Waals surface area contributed by atoms with Crippen molar-refractivity contribution in [3.05, 3.63) is 35.1 Å². The number of amides is 1. The summed E-state index contributed by atoms with van der Waals surface area (Å²) in [5, 5.41) is 0. The smallest absolute Gasteiger partial charge is 0.394 e. The van der Waals surface area contributed by atoms with Gasteiger partial charge in [-0.3, -0.25) is 0 Å². The molecule has 0 radical (unpaired) electrons. The molecule has 1 amide bonds. The third-order valence-corrected chi connectivity index (χ3v) is 8.79. The molecule has 144 valence electrons. The summed E-state index contributed by atoms with van der Waals surface area (Å²) in [6, 6.07) is 4.24. The van der Waals surface area contributed by atoms with Gasteiger partial charge in [-0.05, 0) is 38.0 Å². The summed E-state index contributed by atoms with van der Waals surface area (Å²) < 4.78 is 37.1. The Bertz CT molecular complexity index is 982. The van der Waals surface area contributed by atoms with Gasteiger partial charge in [0.05, 0.1) is 15.5 Å². The summed E-state index contributed by atoms with van der Waals surface area (Å²) in [7, 11) is -1.44. The molecule has 1 spiro atoms. The van der Waals surface area contributed by atoms with E-state index in [2.05, 4.69) is 15.3 Å². The number of nitrogens with zero attached hydrogens (tertiary/aromatic N) is 2. The molecule has 27 heavy (non-hydrogen) atoms. The fourth-order valence-electron chi connectivity index (χ4n) is 4.11. The van der Waals surface area contributed by atoms with Gasteiger partial charge in [-0.25, -0.2) is 22.7 Å². The number of rotatable bonds is 1. The number of primary amides is 1. The van der Waals surface area contributed by atoms with Crippen LogP contribution in [0, 0.1) is 18.2 Å². The first-order valence-corrected chi connectivity index (χ1v) is 10.3. The monoisotopic (exact) mass is 391 g/mol. The van der Waals surface area contributed by atoms with Gasteiger partial charge in [0.1, 0.15) is 16.1 Å². The first-order chi connectivity index (χ1) is 12.7. The van der Waals surface area contributed by atoms with Crippen LogP contribution >= 0.6 is 0 Å². The minimum atomic E-state index is -2.91. The molecule has 1 aromatic rings. The number of carbonyl (C=O) groups is 1. The van der Waals surface area contributed by atoms with Crippen molar-refractivity contribution < 1.29 is 18.1 Å². The third kappa shape index (κ3) is 3.00. The van der Waals surface area contributed by atoms with E-state index in [9.17, 15) is 13.4 Å². The Labute approximate surface area is 158 Å². The maximum Gasteiger partial charge on any atom is 0.411 e. The average molecular weight is 391 g/mol. The Hall–Kier alpha value is -2.40. The van der Waals surface area contributed by atoms with Crippen molar-refractivity contribution in [2.45, 2.75) is 42.9 Å². The summed E-state index contributed by atoms with van der Waals surface area (Å²) in [6.45, 7) is 1.64. The number of benzene rings is 1. The number of nitrogens with two attached hydrogens (primary N) is 1. The summed E-state index contributed by atoms with van der Waals surface area (Å²) in [6.07, 6.45) is 7.07. The predicted octanol–water partition coefficient (Wildman–Crippen LogP) is 2.94. The Balaban J connectivity index is 2.28. The van der Waals surface area contributed by atoms with Crippen molar-refractivity contribution in [1.29, 1.82) is 0 Å². The molecule has 1 aliphatic carbocycles. The lowest BCUT2D eigenvalue weighted by Gasteiger charge is -2.42. The number of terminal acetylenes is 1. The van der Waals surface area contributed by atoms with Crippen molar-refractivity contribution in [3.63, 3.8) is 0 Å². The molecule has 1 fully saturated rings. The van der Waals surface area contributed by atoms with Crippen LogP contribution in [0.5, 0.6) is 0 Å². The van der Waals surface area contributed by atoms with Crippen molar-refractivity contribution in [1.82, 2.24) is 0 Å². The highest BCUT2D eigenvalue weighted by atomic mass is 32.2. The van der Waals surface area contributed by atoms with E-state index in [1.165, 1.54) is 25.2 Å². The lowest BCUT2D eigenvalue weighted by molar-refractivity contribution is 0.203. The number of hydrogen-bond acceptors (Lipinski definition) is 5. The molecule has 0 saturated heterocycles. The average Bonchev–Trinajstić information content (AvgIpc) is 3.11. The van der Waals surface area contributed by atoms with Crippen LogP contribution in [0.15, 0.2) is 27.6 Å². The lowest BCUT2D eigenvalue weighted by Crippen LogP contribution is -2.55. The predicted molar refractivity (Wildman–Crippen MR) is 102 cm³/mol. The van der Waals surface area contributed by atoms with Crippen molar-refractivity contribution in [2.24, 2.45) is 15.1 Å². The summed E-state index contributed by atoms with van der Waals surface area (Å²) in [5.74, 6) is 1.93. The minimum Gasteiger partial charge on any atom is -0.394 e. The van der Waals surface area contributed by atoms with Crippen LogP contribution in [-0.2, 0) is 20.0 Å². The van der Waals surface area contributed by atoms with Crippen molar-refractivity contribution in [2.75, 3.05) is 12.8 Å². The van der Waals surface area contributed by atoms with Crippen LogP contribution in [0.4, 0.5) is 9.18 Å². The molecule has 3 rings (SSSR count). The Kier molecular flexibility index (Phi) is 4.76. The van der Waals surface area contributed by atoms with Crippen LogP contribution in [0.1, 0.15) is 43.7 Å². The van der Waals surface area contributed by atoms with Gasteiger partial charge in [0.15, 0.2) is 0 Å². The highest BCUT2D eigenvalue weighted by Crippen LogP contribution is 2.47. The van der Waals surface area contributed by atoms with E-state index < -0.39 is 31.9 Å². The van der Waals surface area contributed by atoms with Gasteiger partial charge in [0.25, 0.3) is 0 Å². The van der Waals surface area contributed by atoms with Gasteiger partial charge in [0.2, 0.25) is 5.90 Å². The zero-order valence-electron chi connectivity index (χ0n) is 15.3. The van der Waals surface area contributed by atoms with E-state index in [0.717, 1.165) is 12.8 Å². The molecule has 0 bridgehead atoms. The van der Waals surface area contributed by atoms with Crippen LogP contribution < -0.4 is 5.73 Å². The molecule has 0 aromatic heterocycles. The van der Waals surface area contributed by atoms with Crippen molar-refractivity contribution in [3.8, 4) is 12.3 Å². The number of aliphatic imine (C=N–C) groups is 1. The molecule has 1 aliphatic heterocycles. The molecular formula is C19H22FN3O3S. The van der Waals surface area contributed by atoms with Crippen LogP contribution in [0.3, 0.4) is 0 Å². The van der Waals surface area contributed by atoms with E-state index in [1.807, 2.05) is 0 Å². The summed E-state index contributed by atoms with van der Waals surface area (Å²) in [5.41, 5.74) is 4.64. The number of ether oxygens (including phenoxy) is 1. The molecule has 2 N–H and O–H groups in total. The number of halogens is 1. The second-order valence-corrected chi connectivity index (χ2v) is 9.84. The first-order valence-electron chi connectivity index (χ1n) is 8.66. The molecule has 1 unspecified atom stereocenters. The van der Waals surface area contributed by atoms with Gasteiger partial charge < -0.3 is 10.5 Å². The Morgan fingerprint density at radius 3 is 2.67 bits per heavy atom. The molecule has 2 aliphatic rings. The molecular weight excluding hydrogens is 369 g/mol. The fourth-order valence-corrected chi connectivity index (χ4v) is 7.13. The second kappa shape index (κ2) is 6.64. The van der Waals surface area contributed by atoms with Crippen molar-refractivity contribution >= 4 is 21.7 Å². The number of hydrogen-bond donors (Lipinski definition) is 1. The first kappa shape index (κ1) is 19.4. The second-order valence-electron chi connectivity index (χ2n) is 7.12. The molecule has 1 saturated carbocycles. The normalized spacial score (nSPS) is 29.0. The summed E-state index contributed by atoms with van der Waals surface area (Å²) >= 11 is 0. The largest absolute Gasteiger partial charge is 0.411 e. The maximum absolute atomic E-state index is 14.7. The Morgan fingerprint density at radius 1 is 1.44 bits per heavy atom. The highest BCUT2D eigenvalue weighted by molar-refractivity contribution is 7.95. The van der Waals surface area contributed by atoms with E-state index in [-0.39, 0.29) is 17.2 Å². The SMILES string of the molecule is C#Cc1ccc(F)c([C@]2(C)CS(=O)(=NC)C3(CCCC3)C(OC(N)=O)=N2)c1. The number of carbonyl (C=O) groups excluding carboxylic acids is 1. The standard InChI is InChI=1S/C19H22FN3O3S/c1-4-13-7-8-15(20)14(11-13)18(2)12-27(25,22-3)19(9-5-6-10-19)16(23-18)26-17(21)24/h1,7-8,11H,5-6,9-10,12H2,2-3H3,(H2,21,24)/t18-,27?/m0/s1. The molecule has 1 heterocycles. The van der Waals surface area contributed by atoms with Gasteiger partial charge in [-0.15, -0.1) is 6.42 Å². The van der Waals surface area contributed by atoms with Gasteiger partial charge in [-0.1, -0.05) is 18.8 Å². The van der Waals surface area contributed by atoms with E-state index in [4.69, 9.17) is 16.9 Å². The molecule has 2 atom stereocenters. The molecule has 8 heteroatoms. The third-order valence-electron chi connectivity index (χ3n) is 5.44. The maximum atomic E-state index is 14.7. The van der Waals surface area contributed by atoms with Crippen LogP contribution in [0.25, 0.3) is 0 Å². The van der Waals surface area contributed by atoms with Gasteiger partial charge in [-0.2, -0.15) is 0 Å². The zero-order valence-corrected chi connectivity index (χ0v) is 16.1. The van der Waals surface area contributed by atoms with Crippen LogP contribution in [0.2, 0.25) is 0 Å². The quantitative estimate of drug-likeness (QED) is 0.746. The van der Waals surface area contributed by atoms with E-state index in [0.29, 0.717) is 18.4 Å². The zero-order chi connectivity index (χ0) is 19.9. The van der Waals surface area contributed by atoms with E-state index in [1.54, 1.807) is 6.92 Å². The molecule has 6 nitrogen and oxygen atoms in total. The van der Waals surface area contributed by atoms with Gasteiger partial charge >= 0.3 is 6.09 Å². The summed E-state index contributed by atoms with van der Waals surface area (Å²) in [4.78, 5) is 16.1. The highest BCUT2D eigenvalue weighted by Gasteiger charge is 2.56. The van der Waals surface area contributed by atoms with E-state index >= 15 is 0 Å². The van der Waals surface area contributed by atoms with Gasteiger partial charge in [0, 0.05) is 18.2 Å². The lowest BCUT2D eigenvalue weighted by atomic mass is 9.91. The minimum absolute atomic E-state index is 0.00701. The molecule has 1 aromatic carbocycles. The fraction of sp³-hybridized carbons (Fsp3) is 0.474. The van der Waals surface area contributed by atoms with Crippen LogP contribution in [-0.4, -0.2) is 33.7 Å².